The summed E-state index contributed by atoms with van der Waals surface area (Å²) in [6.45, 7) is 3.68. The first-order chi connectivity index (χ1) is 12.0. The minimum absolute atomic E-state index is 0.110. The van der Waals surface area contributed by atoms with Gasteiger partial charge >= 0.3 is 0 Å². The lowest BCUT2D eigenvalue weighted by atomic mass is 10.1. The minimum atomic E-state index is -0.110. The summed E-state index contributed by atoms with van der Waals surface area (Å²) in [4.78, 5) is 16.7. The number of hydrogen-bond donors (Lipinski definition) is 0. The Kier molecular flexibility index (Phi) is 5.84. The fourth-order valence-corrected chi connectivity index (χ4v) is 3.51. The quantitative estimate of drug-likeness (QED) is 0.802. The van der Waals surface area contributed by atoms with Crippen LogP contribution in [0, 0.1) is 0 Å². The van der Waals surface area contributed by atoms with E-state index in [-0.39, 0.29) is 5.91 Å². The van der Waals surface area contributed by atoms with Gasteiger partial charge in [0.2, 0.25) is 0 Å². The maximum atomic E-state index is 12.7. The Balaban J connectivity index is 1.78. The molecule has 0 aromatic heterocycles. The van der Waals surface area contributed by atoms with E-state index in [0.29, 0.717) is 22.2 Å². The Morgan fingerprint density at radius 3 is 2.44 bits per heavy atom. The van der Waals surface area contributed by atoms with Crippen molar-refractivity contribution in [2.45, 2.75) is 6.54 Å². The Hall–Kier alpha value is -1.75. The molecule has 0 aliphatic carbocycles. The van der Waals surface area contributed by atoms with Gasteiger partial charge < -0.3 is 14.5 Å². The monoisotopic (exact) mass is 378 g/mol. The highest BCUT2D eigenvalue weighted by molar-refractivity contribution is 6.35. The third kappa shape index (κ3) is 4.46. The van der Waals surface area contributed by atoms with Crippen molar-refractivity contribution in [1.82, 2.24) is 4.90 Å². The Morgan fingerprint density at radius 1 is 1.12 bits per heavy atom. The van der Waals surface area contributed by atoms with E-state index in [1.54, 1.807) is 30.1 Å². The number of nitrogens with zero attached hydrogens (tertiary/aromatic N) is 2. The molecule has 2 aromatic rings. The molecule has 1 aliphatic heterocycles. The molecule has 6 heteroatoms. The number of morpholine rings is 1. The Bertz CT molecular complexity index is 741. The summed E-state index contributed by atoms with van der Waals surface area (Å²) in [6, 6.07) is 13.1. The fraction of sp³-hybridized carbons (Fsp3) is 0.316. The molecule has 3 rings (SSSR count). The number of hydrogen-bond acceptors (Lipinski definition) is 3. The van der Waals surface area contributed by atoms with Crippen LogP contribution in [0.15, 0.2) is 42.5 Å². The molecule has 4 nitrogen and oxygen atoms in total. The zero-order valence-corrected chi connectivity index (χ0v) is 15.6. The highest BCUT2D eigenvalue weighted by Crippen LogP contribution is 2.24. The molecule has 0 bridgehead atoms. The van der Waals surface area contributed by atoms with E-state index < -0.39 is 0 Å². The van der Waals surface area contributed by atoms with Crippen molar-refractivity contribution in [2.24, 2.45) is 0 Å². The average Bonchev–Trinajstić information content (AvgIpc) is 2.61. The molecular weight excluding hydrogens is 359 g/mol. The largest absolute Gasteiger partial charge is 0.378 e. The van der Waals surface area contributed by atoms with Gasteiger partial charge in [-0.25, -0.2) is 0 Å². The van der Waals surface area contributed by atoms with Gasteiger partial charge in [-0.05, 0) is 29.8 Å². The van der Waals surface area contributed by atoms with Crippen LogP contribution in [0.1, 0.15) is 15.9 Å². The summed E-state index contributed by atoms with van der Waals surface area (Å²) in [5.41, 5.74) is 2.74. The number of carbonyl (C=O) groups excluding carboxylic acids is 1. The van der Waals surface area contributed by atoms with E-state index in [1.807, 2.05) is 12.1 Å². The van der Waals surface area contributed by atoms with Crippen LogP contribution in [0.25, 0.3) is 0 Å². The Morgan fingerprint density at radius 2 is 1.76 bits per heavy atom. The lowest BCUT2D eigenvalue weighted by Gasteiger charge is -2.31. The maximum Gasteiger partial charge on any atom is 0.254 e. The van der Waals surface area contributed by atoms with Crippen LogP contribution in [-0.2, 0) is 11.3 Å². The first kappa shape index (κ1) is 18.1. The zero-order valence-electron chi connectivity index (χ0n) is 14.0. The van der Waals surface area contributed by atoms with Gasteiger partial charge in [-0.2, -0.15) is 0 Å². The molecule has 132 valence electrons. The van der Waals surface area contributed by atoms with Gasteiger partial charge in [-0.3, -0.25) is 4.79 Å². The standard InChI is InChI=1S/C19H20Cl2N2O2/c1-22(19(24)15-10-16(20)12-17(21)11-15)13-14-4-2-3-5-18(14)23-6-8-25-9-7-23/h2-5,10-12H,6-9,13H2,1H3. The van der Waals surface area contributed by atoms with Gasteiger partial charge in [-0.15, -0.1) is 0 Å². The minimum Gasteiger partial charge on any atom is -0.378 e. The molecule has 0 N–H and O–H groups in total. The van der Waals surface area contributed by atoms with E-state index in [2.05, 4.69) is 17.0 Å². The molecule has 1 aliphatic rings. The lowest BCUT2D eigenvalue weighted by molar-refractivity contribution is 0.0785. The van der Waals surface area contributed by atoms with Crippen LogP contribution in [0.2, 0.25) is 10.0 Å². The molecule has 1 heterocycles. The lowest BCUT2D eigenvalue weighted by Crippen LogP contribution is -2.37. The first-order valence-corrected chi connectivity index (χ1v) is 8.92. The predicted molar refractivity (Wildman–Crippen MR) is 102 cm³/mol. The number of anilines is 1. The summed E-state index contributed by atoms with van der Waals surface area (Å²) < 4.78 is 5.43. The molecule has 2 aromatic carbocycles. The molecule has 1 fully saturated rings. The van der Waals surface area contributed by atoms with Crippen LogP contribution in [-0.4, -0.2) is 44.2 Å². The zero-order chi connectivity index (χ0) is 17.8. The van der Waals surface area contributed by atoms with Crippen molar-refractivity contribution in [3.05, 3.63) is 63.6 Å². The van der Waals surface area contributed by atoms with Gasteiger partial charge in [0.25, 0.3) is 5.91 Å². The molecule has 1 amide bonds. The predicted octanol–water partition coefficient (Wildman–Crippen LogP) is 4.10. The second-order valence-corrected chi connectivity index (χ2v) is 6.92. The van der Waals surface area contributed by atoms with Gasteiger partial charge in [0.05, 0.1) is 13.2 Å². The molecule has 1 saturated heterocycles. The third-order valence-electron chi connectivity index (χ3n) is 4.21. The highest BCUT2D eigenvalue weighted by Gasteiger charge is 2.18. The van der Waals surface area contributed by atoms with Crippen LogP contribution in [0.3, 0.4) is 0 Å². The maximum absolute atomic E-state index is 12.7. The van der Waals surface area contributed by atoms with Crippen molar-refractivity contribution in [3.63, 3.8) is 0 Å². The van der Waals surface area contributed by atoms with Crippen molar-refractivity contribution in [1.29, 1.82) is 0 Å². The number of amides is 1. The summed E-state index contributed by atoms with van der Waals surface area (Å²) in [5.74, 6) is -0.110. The SMILES string of the molecule is CN(Cc1ccccc1N1CCOCC1)C(=O)c1cc(Cl)cc(Cl)c1. The van der Waals surface area contributed by atoms with E-state index in [1.165, 1.54) is 0 Å². The van der Waals surface area contributed by atoms with Crippen molar-refractivity contribution in [3.8, 4) is 0 Å². The summed E-state index contributed by atoms with van der Waals surface area (Å²) in [7, 11) is 1.78. The molecule has 0 radical (unpaired) electrons. The van der Waals surface area contributed by atoms with Gasteiger partial charge in [0.1, 0.15) is 0 Å². The number of halogens is 2. The van der Waals surface area contributed by atoms with Gasteiger partial charge in [0.15, 0.2) is 0 Å². The molecule has 0 saturated carbocycles. The fourth-order valence-electron chi connectivity index (χ4n) is 2.98. The molecule has 0 spiro atoms. The number of benzene rings is 2. The van der Waals surface area contributed by atoms with Crippen molar-refractivity contribution >= 4 is 34.8 Å². The number of rotatable bonds is 4. The average molecular weight is 379 g/mol. The van der Waals surface area contributed by atoms with Gasteiger partial charge in [0, 0.05) is 48.0 Å². The summed E-state index contributed by atoms with van der Waals surface area (Å²) >= 11 is 12.0. The first-order valence-electron chi connectivity index (χ1n) is 8.17. The second-order valence-electron chi connectivity index (χ2n) is 6.05. The highest BCUT2D eigenvalue weighted by atomic mass is 35.5. The topological polar surface area (TPSA) is 32.8 Å². The van der Waals surface area contributed by atoms with Crippen LogP contribution >= 0.6 is 23.2 Å². The van der Waals surface area contributed by atoms with E-state index >= 15 is 0 Å². The number of ether oxygens (including phenoxy) is 1. The van der Waals surface area contributed by atoms with Crippen LogP contribution in [0.4, 0.5) is 5.69 Å². The van der Waals surface area contributed by atoms with E-state index in [9.17, 15) is 4.79 Å². The number of para-hydroxylation sites is 1. The molecule has 0 unspecified atom stereocenters. The van der Waals surface area contributed by atoms with Crippen molar-refractivity contribution < 1.29 is 9.53 Å². The van der Waals surface area contributed by atoms with Crippen LogP contribution in [0.5, 0.6) is 0 Å². The molecular formula is C19H20Cl2N2O2. The molecule has 0 atom stereocenters. The van der Waals surface area contributed by atoms with Crippen molar-refractivity contribution in [2.75, 3.05) is 38.3 Å². The normalized spacial score (nSPS) is 14.4. The second kappa shape index (κ2) is 8.09. The van der Waals surface area contributed by atoms with E-state index in [4.69, 9.17) is 27.9 Å². The van der Waals surface area contributed by atoms with Gasteiger partial charge in [-0.1, -0.05) is 41.4 Å². The summed E-state index contributed by atoms with van der Waals surface area (Å²) in [6.07, 6.45) is 0. The smallest absolute Gasteiger partial charge is 0.254 e. The molecule has 25 heavy (non-hydrogen) atoms. The number of carbonyl (C=O) groups is 1. The summed E-state index contributed by atoms with van der Waals surface area (Å²) in [5, 5.41) is 0.913. The van der Waals surface area contributed by atoms with E-state index in [0.717, 1.165) is 37.6 Å². The Labute approximate surface area is 157 Å². The third-order valence-corrected chi connectivity index (χ3v) is 4.64. The van der Waals surface area contributed by atoms with Crippen LogP contribution < -0.4 is 4.90 Å².